The molecule has 4 nitrogen and oxygen atoms in total. The summed E-state index contributed by atoms with van der Waals surface area (Å²) in [4.78, 5) is 9.97. The zero-order valence-corrected chi connectivity index (χ0v) is 8.10. The normalized spacial score (nSPS) is 10.4. The van der Waals surface area contributed by atoms with E-state index in [2.05, 4.69) is 4.74 Å². The van der Waals surface area contributed by atoms with Gasteiger partial charge in [0, 0.05) is 11.8 Å². The molecule has 78 valence electrons. The summed E-state index contributed by atoms with van der Waals surface area (Å²) in [6.45, 7) is 0.701. The molecule has 0 amide bonds. The van der Waals surface area contributed by atoms with E-state index in [-0.39, 0.29) is 6.61 Å². The predicted octanol–water partition coefficient (Wildman–Crippen LogP) is 1.73. The van der Waals surface area contributed by atoms with Crippen LogP contribution in [0.5, 0.6) is 0 Å². The van der Waals surface area contributed by atoms with Crippen LogP contribution in [0.4, 0.5) is 5.69 Å². The van der Waals surface area contributed by atoms with Crippen molar-refractivity contribution in [3.05, 3.63) is 30.0 Å². The summed E-state index contributed by atoms with van der Waals surface area (Å²) in [5, 5.41) is 0.901. The molecule has 0 saturated carbocycles. The summed E-state index contributed by atoms with van der Waals surface area (Å²) in [7, 11) is 0. The van der Waals surface area contributed by atoms with Crippen molar-refractivity contribution in [3.63, 3.8) is 0 Å². The van der Waals surface area contributed by atoms with E-state index < -0.39 is 0 Å². The van der Waals surface area contributed by atoms with Crippen molar-refractivity contribution in [2.45, 2.75) is 6.42 Å². The lowest BCUT2D eigenvalue weighted by Gasteiger charge is -1.96. The number of para-hydroxylation sites is 1. The average molecular weight is 205 g/mol. The van der Waals surface area contributed by atoms with Gasteiger partial charge in [-0.2, -0.15) is 0 Å². The molecule has 4 heteroatoms. The lowest BCUT2D eigenvalue weighted by Crippen LogP contribution is -1.98. The fourth-order valence-corrected chi connectivity index (χ4v) is 1.50. The van der Waals surface area contributed by atoms with E-state index in [1.54, 1.807) is 0 Å². The molecule has 0 radical (unpaired) electrons. The largest absolute Gasteiger partial charge is 0.467 e. The van der Waals surface area contributed by atoms with Crippen molar-refractivity contribution < 1.29 is 13.9 Å². The van der Waals surface area contributed by atoms with Crippen LogP contribution in [0.1, 0.15) is 5.76 Å². The fourth-order valence-electron chi connectivity index (χ4n) is 1.50. The van der Waals surface area contributed by atoms with Gasteiger partial charge >= 0.3 is 0 Å². The van der Waals surface area contributed by atoms with Gasteiger partial charge in [-0.05, 0) is 12.1 Å². The van der Waals surface area contributed by atoms with E-state index in [1.165, 1.54) is 0 Å². The SMILES string of the molecule is Nc1c(CCOC=O)oc2ccccc12. The fraction of sp³-hybridized carbons (Fsp3) is 0.182. The van der Waals surface area contributed by atoms with Crippen molar-refractivity contribution >= 4 is 23.1 Å². The van der Waals surface area contributed by atoms with Crippen LogP contribution in [0, 0.1) is 0 Å². The number of carbonyl (C=O) groups excluding carboxylic acids is 1. The van der Waals surface area contributed by atoms with Gasteiger partial charge in [0.15, 0.2) is 0 Å². The van der Waals surface area contributed by atoms with E-state index in [1.807, 2.05) is 24.3 Å². The van der Waals surface area contributed by atoms with Gasteiger partial charge in [-0.25, -0.2) is 0 Å². The van der Waals surface area contributed by atoms with Crippen molar-refractivity contribution in [2.75, 3.05) is 12.3 Å². The van der Waals surface area contributed by atoms with Crippen molar-refractivity contribution in [3.8, 4) is 0 Å². The summed E-state index contributed by atoms with van der Waals surface area (Å²) in [5.41, 5.74) is 7.27. The van der Waals surface area contributed by atoms with Gasteiger partial charge in [0.1, 0.15) is 11.3 Å². The highest BCUT2D eigenvalue weighted by molar-refractivity contribution is 5.90. The molecule has 1 heterocycles. The molecule has 1 aromatic carbocycles. The molecule has 0 aliphatic carbocycles. The average Bonchev–Trinajstić information content (AvgIpc) is 2.57. The van der Waals surface area contributed by atoms with E-state index >= 15 is 0 Å². The highest BCUT2D eigenvalue weighted by Crippen LogP contribution is 2.28. The van der Waals surface area contributed by atoms with Crippen LogP contribution in [0.3, 0.4) is 0 Å². The Balaban J connectivity index is 2.27. The maximum absolute atomic E-state index is 9.97. The Labute approximate surface area is 86.6 Å². The van der Waals surface area contributed by atoms with E-state index in [9.17, 15) is 4.79 Å². The molecule has 0 bridgehead atoms. The number of benzene rings is 1. The molecule has 0 aliphatic rings. The first kappa shape index (κ1) is 9.58. The standard InChI is InChI=1S/C11H11NO3/c12-11-8-3-1-2-4-9(8)15-10(11)5-6-14-7-13/h1-4,7H,5-6,12H2. The third-order valence-electron chi connectivity index (χ3n) is 2.23. The van der Waals surface area contributed by atoms with Crippen LogP contribution in [0.15, 0.2) is 28.7 Å². The zero-order valence-electron chi connectivity index (χ0n) is 8.10. The molecule has 0 atom stereocenters. The molecular weight excluding hydrogens is 194 g/mol. The molecule has 0 unspecified atom stereocenters. The lowest BCUT2D eigenvalue weighted by atomic mass is 10.2. The highest BCUT2D eigenvalue weighted by atomic mass is 16.5. The van der Waals surface area contributed by atoms with Gasteiger partial charge in [-0.15, -0.1) is 0 Å². The molecule has 2 rings (SSSR count). The minimum Gasteiger partial charge on any atom is -0.467 e. The predicted molar refractivity (Wildman–Crippen MR) is 56.3 cm³/mol. The van der Waals surface area contributed by atoms with Gasteiger partial charge in [-0.3, -0.25) is 4.79 Å². The zero-order chi connectivity index (χ0) is 10.7. The molecule has 0 spiro atoms. The summed E-state index contributed by atoms with van der Waals surface area (Å²) < 4.78 is 10.1. The van der Waals surface area contributed by atoms with E-state index in [4.69, 9.17) is 10.2 Å². The number of fused-ring (bicyclic) bond motifs is 1. The number of furan rings is 1. The Kier molecular flexibility index (Phi) is 2.58. The first-order valence-corrected chi connectivity index (χ1v) is 4.64. The number of anilines is 1. The molecule has 2 aromatic rings. The summed E-state index contributed by atoms with van der Waals surface area (Å²) in [6.07, 6.45) is 0.499. The number of nitrogen functional groups attached to an aromatic ring is 1. The van der Waals surface area contributed by atoms with Crippen LogP contribution in [-0.2, 0) is 16.0 Å². The number of ether oxygens (including phenoxy) is 1. The second kappa shape index (κ2) is 4.04. The van der Waals surface area contributed by atoms with Gasteiger partial charge < -0.3 is 14.9 Å². The number of hydrogen-bond donors (Lipinski definition) is 1. The number of nitrogens with two attached hydrogens (primary N) is 1. The van der Waals surface area contributed by atoms with Crippen molar-refractivity contribution in [1.82, 2.24) is 0 Å². The number of carbonyl (C=O) groups is 1. The van der Waals surface area contributed by atoms with Crippen LogP contribution < -0.4 is 5.73 Å². The smallest absolute Gasteiger partial charge is 0.293 e. The van der Waals surface area contributed by atoms with Crippen LogP contribution in [0.2, 0.25) is 0 Å². The van der Waals surface area contributed by atoms with Crippen LogP contribution in [0.25, 0.3) is 11.0 Å². The summed E-state index contributed by atoms with van der Waals surface area (Å²) >= 11 is 0. The first-order chi connectivity index (χ1) is 7.33. The second-order valence-electron chi connectivity index (χ2n) is 3.15. The number of rotatable bonds is 4. The Morgan fingerprint density at radius 3 is 2.93 bits per heavy atom. The maximum atomic E-state index is 9.97. The van der Waals surface area contributed by atoms with Crippen molar-refractivity contribution in [2.24, 2.45) is 0 Å². The highest BCUT2D eigenvalue weighted by Gasteiger charge is 2.09. The quantitative estimate of drug-likeness (QED) is 0.609. The molecule has 1 aromatic heterocycles. The monoisotopic (exact) mass is 205 g/mol. The second-order valence-corrected chi connectivity index (χ2v) is 3.15. The van der Waals surface area contributed by atoms with Gasteiger partial charge in [0.05, 0.1) is 12.3 Å². The lowest BCUT2D eigenvalue weighted by molar-refractivity contribution is -0.128. The first-order valence-electron chi connectivity index (χ1n) is 4.64. The third kappa shape index (κ3) is 1.79. The molecular formula is C11H11NO3. The van der Waals surface area contributed by atoms with E-state index in [0.717, 1.165) is 11.0 Å². The van der Waals surface area contributed by atoms with Crippen LogP contribution >= 0.6 is 0 Å². The van der Waals surface area contributed by atoms with E-state index in [0.29, 0.717) is 24.3 Å². The Bertz CT molecular complexity index is 476. The molecule has 2 N–H and O–H groups in total. The Morgan fingerprint density at radius 2 is 2.20 bits per heavy atom. The summed E-state index contributed by atoms with van der Waals surface area (Å²) in [5.74, 6) is 0.665. The maximum Gasteiger partial charge on any atom is 0.293 e. The van der Waals surface area contributed by atoms with Crippen LogP contribution in [-0.4, -0.2) is 13.1 Å². The Morgan fingerprint density at radius 1 is 1.40 bits per heavy atom. The molecule has 0 aliphatic heterocycles. The minimum atomic E-state index is 0.285. The van der Waals surface area contributed by atoms with Crippen molar-refractivity contribution in [1.29, 1.82) is 0 Å². The topological polar surface area (TPSA) is 65.5 Å². The van der Waals surface area contributed by atoms with Gasteiger partial charge in [0.2, 0.25) is 0 Å². The Hall–Kier alpha value is -1.97. The summed E-state index contributed by atoms with van der Waals surface area (Å²) in [6, 6.07) is 7.55. The third-order valence-corrected chi connectivity index (χ3v) is 2.23. The molecule has 0 fully saturated rings. The molecule has 15 heavy (non-hydrogen) atoms. The minimum absolute atomic E-state index is 0.285. The van der Waals surface area contributed by atoms with Gasteiger partial charge in [0.25, 0.3) is 6.47 Å². The van der Waals surface area contributed by atoms with Gasteiger partial charge in [-0.1, -0.05) is 12.1 Å². The number of hydrogen-bond acceptors (Lipinski definition) is 4. The molecule has 0 saturated heterocycles.